The molecule has 5 nitrogen and oxygen atoms in total. The van der Waals surface area contributed by atoms with E-state index in [-0.39, 0.29) is 21.9 Å². The Morgan fingerprint density at radius 3 is 2.92 bits per heavy atom. The fourth-order valence-electron chi connectivity index (χ4n) is 2.16. The van der Waals surface area contributed by atoms with Gasteiger partial charge in [0.15, 0.2) is 16.8 Å². The van der Waals surface area contributed by atoms with Crippen molar-refractivity contribution >= 4 is 40.2 Å². The minimum absolute atomic E-state index is 0.0428. The predicted octanol–water partition coefficient (Wildman–Crippen LogP) is 4.01. The summed E-state index contributed by atoms with van der Waals surface area (Å²) in [5.74, 6) is -2.90. The maximum absolute atomic E-state index is 14.2. The van der Waals surface area contributed by atoms with Crippen molar-refractivity contribution in [3.8, 4) is 0 Å². The number of fused-ring (bicyclic) bond motifs is 1. The molecule has 1 amide bonds. The maximum atomic E-state index is 14.2. The first-order chi connectivity index (χ1) is 11.5. The molecule has 0 radical (unpaired) electrons. The molecule has 0 aliphatic carbocycles. The molecule has 1 aromatic carbocycles. The summed E-state index contributed by atoms with van der Waals surface area (Å²) in [6.45, 7) is 1.69. The van der Waals surface area contributed by atoms with E-state index in [0.29, 0.717) is 10.9 Å². The van der Waals surface area contributed by atoms with Gasteiger partial charge in [0.25, 0.3) is 5.91 Å². The Morgan fingerprint density at radius 1 is 1.38 bits per heavy atom. The number of hydrogen-bond acceptors (Lipinski definition) is 3. The fourth-order valence-corrected chi connectivity index (χ4v) is 2.41. The quantitative estimate of drug-likeness (QED) is 0.555. The number of carbonyl (C=O) groups is 1. The first-order valence-electron chi connectivity index (χ1n) is 6.88. The van der Waals surface area contributed by atoms with Crippen molar-refractivity contribution < 1.29 is 13.6 Å². The van der Waals surface area contributed by atoms with Crippen molar-refractivity contribution in [2.24, 2.45) is 0 Å². The number of nitrogens with zero attached hydrogens (tertiary/aromatic N) is 2. The minimum Gasteiger partial charge on any atom is -0.317 e. The Kier molecular flexibility index (Phi) is 4.26. The van der Waals surface area contributed by atoms with Crippen LogP contribution in [0.2, 0.25) is 5.15 Å². The summed E-state index contributed by atoms with van der Waals surface area (Å²) >= 11 is 5.88. The lowest BCUT2D eigenvalue weighted by Crippen LogP contribution is -2.13. The average molecular weight is 349 g/mol. The molecule has 0 unspecified atom stereocenters. The second-order valence-electron chi connectivity index (χ2n) is 5.04. The number of amides is 1. The Labute approximate surface area is 140 Å². The predicted molar refractivity (Wildman–Crippen MR) is 87.8 cm³/mol. The van der Waals surface area contributed by atoms with Crippen LogP contribution in [0.1, 0.15) is 11.1 Å². The number of hydrogen-bond donors (Lipinski definition) is 2. The molecule has 0 spiro atoms. The van der Waals surface area contributed by atoms with Gasteiger partial charge in [-0.3, -0.25) is 9.89 Å². The molecule has 0 saturated carbocycles. The van der Waals surface area contributed by atoms with Crippen molar-refractivity contribution in [2.75, 3.05) is 5.32 Å². The van der Waals surface area contributed by atoms with Crippen molar-refractivity contribution in [1.82, 2.24) is 15.2 Å². The summed E-state index contributed by atoms with van der Waals surface area (Å²) in [5.41, 5.74) is 0.898. The number of carbonyl (C=O) groups excluding carboxylic acids is 1. The molecule has 2 aromatic heterocycles. The number of aryl methyl sites for hydroxylation is 1. The molecule has 0 bridgehead atoms. The van der Waals surface area contributed by atoms with Gasteiger partial charge in [-0.2, -0.15) is 5.10 Å². The topological polar surface area (TPSA) is 70.7 Å². The Morgan fingerprint density at radius 2 is 2.17 bits per heavy atom. The largest absolute Gasteiger partial charge is 0.317 e. The maximum Gasteiger partial charge on any atom is 0.284 e. The van der Waals surface area contributed by atoms with E-state index >= 15 is 0 Å². The normalized spacial score (nSPS) is 11.8. The highest BCUT2D eigenvalue weighted by atomic mass is 35.5. The summed E-state index contributed by atoms with van der Waals surface area (Å²) in [7, 11) is 0. The third-order valence-corrected chi connectivity index (χ3v) is 3.72. The van der Waals surface area contributed by atoms with Crippen LogP contribution in [0.15, 0.2) is 36.4 Å². The van der Waals surface area contributed by atoms with Crippen molar-refractivity contribution in [1.29, 1.82) is 0 Å². The lowest BCUT2D eigenvalue weighted by Gasteiger charge is -2.08. The summed E-state index contributed by atoms with van der Waals surface area (Å²) in [6, 6.07) is 4.55. The number of nitrogens with one attached hydrogen (secondary N) is 2. The molecule has 8 heteroatoms. The Hall–Kier alpha value is -2.80. The number of anilines is 1. The Bertz CT molecular complexity index is 948. The van der Waals surface area contributed by atoms with E-state index in [1.54, 1.807) is 19.1 Å². The highest BCUT2D eigenvalue weighted by Gasteiger charge is 2.15. The molecule has 122 valence electrons. The van der Waals surface area contributed by atoms with E-state index in [1.165, 1.54) is 18.5 Å². The van der Waals surface area contributed by atoms with Crippen molar-refractivity contribution in [3.63, 3.8) is 0 Å². The van der Waals surface area contributed by atoms with E-state index in [9.17, 15) is 13.6 Å². The van der Waals surface area contributed by atoms with Gasteiger partial charge >= 0.3 is 0 Å². The van der Waals surface area contributed by atoms with Gasteiger partial charge in [-0.15, -0.1) is 0 Å². The van der Waals surface area contributed by atoms with Crippen molar-refractivity contribution in [3.05, 3.63) is 58.5 Å². The van der Waals surface area contributed by atoms with Gasteiger partial charge in [0.2, 0.25) is 0 Å². The molecule has 3 aromatic rings. The zero-order valence-electron chi connectivity index (χ0n) is 12.4. The van der Waals surface area contributed by atoms with Crippen LogP contribution >= 0.6 is 11.6 Å². The molecule has 0 fully saturated rings. The minimum atomic E-state index is -1.16. The zero-order chi connectivity index (χ0) is 17.3. The summed E-state index contributed by atoms with van der Waals surface area (Å²) < 4.78 is 28.4. The molecule has 24 heavy (non-hydrogen) atoms. The molecule has 0 saturated heterocycles. The van der Waals surface area contributed by atoms with E-state index in [0.717, 1.165) is 6.08 Å². The van der Waals surface area contributed by atoms with Crippen LogP contribution in [-0.4, -0.2) is 21.1 Å². The van der Waals surface area contributed by atoms with Crippen LogP contribution in [0.3, 0.4) is 0 Å². The van der Waals surface area contributed by atoms with Crippen LogP contribution in [0.4, 0.5) is 14.5 Å². The number of pyridine rings is 1. The molecule has 2 heterocycles. The van der Waals surface area contributed by atoms with Gasteiger partial charge in [-0.25, -0.2) is 13.8 Å². The number of aromatic amines is 1. The monoisotopic (exact) mass is 348 g/mol. The van der Waals surface area contributed by atoms with Gasteiger partial charge < -0.3 is 5.32 Å². The van der Waals surface area contributed by atoms with Crippen molar-refractivity contribution in [2.45, 2.75) is 6.92 Å². The van der Waals surface area contributed by atoms with Crippen LogP contribution < -0.4 is 5.32 Å². The fraction of sp³-hybridized carbons (Fsp3) is 0.0625. The number of H-pyrrole nitrogens is 1. The molecule has 0 aliphatic heterocycles. The van der Waals surface area contributed by atoms with Crippen LogP contribution in [0.5, 0.6) is 0 Å². The van der Waals surface area contributed by atoms with E-state index < -0.39 is 17.6 Å². The van der Waals surface area contributed by atoms with Gasteiger partial charge in [0.1, 0.15) is 5.52 Å². The lowest BCUT2D eigenvalue weighted by atomic mass is 10.1. The standard InChI is InChI=1S/C16H11ClF2N4O/c1-8-4-5-20-15(17)13(8)22-16(24)11(18)6-9-2-3-10-7-21-23-14(10)12(9)19/h2-7H,1H3,(H,21,23)(H,22,24)/b11-6-. The molecule has 0 atom stereocenters. The lowest BCUT2D eigenvalue weighted by molar-refractivity contribution is -0.114. The second-order valence-corrected chi connectivity index (χ2v) is 5.40. The first kappa shape index (κ1) is 16.1. The zero-order valence-corrected chi connectivity index (χ0v) is 13.2. The summed E-state index contributed by atoms with van der Waals surface area (Å²) in [5, 5.41) is 9.12. The smallest absolute Gasteiger partial charge is 0.284 e. The molecular weight excluding hydrogens is 338 g/mol. The summed E-state index contributed by atoms with van der Waals surface area (Å²) in [6.07, 6.45) is 3.72. The third-order valence-electron chi connectivity index (χ3n) is 3.43. The highest BCUT2D eigenvalue weighted by molar-refractivity contribution is 6.32. The first-order valence-corrected chi connectivity index (χ1v) is 7.26. The van der Waals surface area contributed by atoms with Gasteiger partial charge in [0, 0.05) is 17.1 Å². The number of rotatable bonds is 3. The number of halogens is 3. The second kappa shape index (κ2) is 6.37. The van der Waals surface area contributed by atoms with E-state index in [1.807, 2.05) is 0 Å². The molecule has 0 aliphatic rings. The Balaban J connectivity index is 1.89. The van der Waals surface area contributed by atoms with Crippen LogP contribution in [0, 0.1) is 12.7 Å². The molecular formula is C16H11ClF2N4O. The molecule has 3 rings (SSSR count). The molecule has 2 N–H and O–H groups in total. The van der Waals surface area contributed by atoms with E-state index in [4.69, 9.17) is 11.6 Å². The average Bonchev–Trinajstić information content (AvgIpc) is 3.03. The van der Waals surface area contributed by atoms with E-state index in [2.05, 4.69) is 20.5 Å². The SMILES string of the molecule is Cc1ccnc(Cl)c1NC(=O)/C(F)=C/c1ccc2cn[nH]c2c1F. The third kappa shape index (κ3) is 2.98. The van der Waals surface area contributed by atoms with Gasteiger partial charge in [-0.05, 0) is 24.6 Å². The van der Waals surface area contributed by atoms with Gasteiger partial charge in [0.05, 0.1) is 11.9 Å². The summed E-state index contributed by atoms with van der Waals surface area (Å²) in [4.78, 5) is 15.8. The van der Waals surface area contributed by atoms with Crippen LogP contribution in [0.25, 0.3) is 17.0 Å². The number of aromatic nitrogens is 3. The number of benzene rings is 1. The highest BCUT2D eigenvalue weighted by Crippen LogP contribution is 2.25. The van der Waals surface area contributed by atoms with Gasteiger partial charge in [-0.1, -0.05) is 23.7 Å². The van der Waals surface area contributed by atoms with Crippen LogP contribution in [-0.2, 0) is 4.79 Å².